The van der Waals surface area contributed by atoms with E-state index >= 15 is 0 Å². The van der Waals surface area contributed by atoms with E-state index in [1.54, 1.807) is 0 Å². The number of aromatic nitrogens is 2. The van der Waals surface area contributed by atoms with Gasteiger partial charge in [-0.15, -0.1) is 0 Å². The van der Waals surface area contributed by atoms with E-state index < -0.39 is 16.9 Å². The van der Waals surface area contributed by atoms with E-state index in [0.29, 0.717) is 0 Å². The molecular formula is C9H13N5O3. The molecule has 0 spiro atoms. The lowest BCUT2D eigenvalue weighted by atomic mass is 10.0. The number of rotatable bonds is 5. The summed E-state index contributed by atoms with van der Waals surface area (Å²) >= 11 is 0. The number of carbonyl (C=O) groups excluding carboxylic acids is 1. The first-order valence-corrected chi connectivity index (χ1v) is 4.94. The third-order valence-electron chi connectivity index (χ3n) is 2.11. The van der Waals surface area contributed by atoms with Crippen LogP contribution < -0.4 is 11.1 Å². The molecule has 92 valence electrons. The van der Waals surface area contributed by atoms with Gasteiger partial charge in [0.05, 0.1) is 4.92 Å². The first kappa shape index (κ1) is 12.8. The third kappa shape index (κ3) is 3.37. The number of hydrogen-bond donors (Lipinski definition) is 2. The fraction of sp³-hybridized carbons (Fsp3) is 0.444. The number of nitrogens with two attached hydrogens (primary N) is 1. The summed E-state index contributed by atoms with van der Waals surface area (Å²) < 4.78 is 0. The summed E-state index contributed by atoms with van der Waals surface area (Å²) in [6.07, 6.45) is 2.13. The van der Waals surface area contributed by atoms with Crippen LogP contribution in [0.5, 0.6) is 0 Å². The molecule has 0 fully saturated rings. The molecule has 0 aromatic carbocycles. The molecule has 1 rings (SSSR count). The van der Waals surface area contributed by atoms with Crippen LogP contribution >= 0.6 is 0 Å². The van der Waals surface area contributed by atoms with Crippen molar-refractivity contribution < 1.29 is 9.72 Å². The second-order valence-electron chi connectivity index (χ2n) is 3.79. The monoisotopic (exact) mass is 239 g/mol. The first-order valence-electron chi connectivity index (χ1n) is 4.94. The number of nitrogens with zero attached hydrogens (tertiary/aromatic N) is 3. The second-order valence-corrected chi connectivity index (χ2v) is 3.79. The van der Waals surface area contributed by atoms with Gasteiger partial charge in [0.1, 0.15) is 18.4 Å². The molecule has 1 unspecified atom stereocenters. The maximum atomic E-state index is 11.1. The molecule has 0 saturated carbocycles. The standard InChI is InChI=1S/C9H13N5O3/c1-5(2)7(8(10)15)13-9-11-3-6(4-12-9)14(16)17/h3-5,7H,1-2H3,(H2,10,15)(H,11,12,13). The van der Waals surface area contributed by atoms with Gasteiger partial charge in [0, 0.05) is 0 Å². The molecular weight excluding hydrogens is 226 g/mol. The van der Waals surface area contributed by atoms with E-state index in [1.165, 1.54) is 0 Å². The van der Waals surface area contributed by atoms with Crippen LogP contribution in [0.25, 0.3) is 0 Å². The van der Waals surface area contributed by atoms with Crippen molar-refractivity contribution >= 4 is 17.5 Å². The number of primary amides is 1. The van der Waals surface area contributed by atoms with Gasteiger partial charge in [-0.3, -0.25) is 14.9 Å². The Hall–Kier alpha value is -2.25. The largest absolute Gasteiger partial charge is 0.368 e. The van der Waals surface area contributed by atoms with Crippen LogP contribution in [0.15, 0.2) is 12.4 Å². The van der Waals surface area contributed by atoms with Gasteiger partial charge in [-0.2, -0.15) is 0 Å². The van der Waals surface area contributed by atoms with Gasteiger partial charge in [-0.1, -0.05) is 13.8 Å². The summed E-state index contributed by atoms with van der Waals surface area (Å²) in [6.45, 7) is 3.63. The fourth-order valence-corrected chi connectivity index (χ4v) is 1.20. The highest BCUT2D eigenvalue weighted by Crippen LogP contribution is 2.11. The van der Waals surface area contributed by atoms with Crippen molar-refractivity contribution in [1.29, 1.82) is 0 Å². The van der Waals surface area contributed by atoms with Gasteiger partial charge in [0.2, 0.25) is 11.9 Å². The maximum Gasteiger partial charge on any atom is 0.305 e. The van der Waals surface area contributed by atoms with Gasteiger partial charge in [0.25, 0.3) is 0 Å². The first-order chi connectivity index (χ1) is 7.91. The van der Waals surface area contributed by atoms with Gasteiger partial charge < -0.3 is 11.1 Å². The lowest BCUT2D eigenvalue weighted by Gasteiger charge is -2.18. The van der Waals surface area contributed by atoms with Crippen molar-refractivity contribution in [1.82, 2.24) is 9.97 Å². The molecule has 8 nitrogen and oxygen atoms in total. The minimum absolute atomic E-state index is 0.0358. The lowest BCUT2D eigenvalue weighted by Crippen LogP contribution is -2.40. The summed E-state index contributed by atoms with van der Waals surface area (Å²) in [6, 6.07) is -0.614. The SMILES string of the molecule is CC(C)C(Nc1ncc([N+](=O)[O-])cn1)C(N)=O. The molecule has 1 aromatic rings. The van der Waals surface area contributed by atoms with Crippen molar-refractivity contribution in [2.24, 2.45) is 11.7 Å². The number of carbonyl (C=O) groups is 1. The average molecular weight is 239 g/mol. The van der Waals surface area contributed by atoms with Crippen LogP contribution in [0.3, 0.4) is 0 Å². The van der Waals surface area contributed by atoms with Crippen LogP contribution in [-0.4, -0.2) is 26.8 Å². The topological polar surface area (TPSA) is 124 Å². The van der Waals surface area contributed by atoms with Gasteiger partial charge in [-0.25, -0.2) is 9.97 Å². The van der Waals surface area contributed by atoms with Crippen LogP contribution in [0.1, 0.15) is 13.8 Å². The molecule has 17 heavy (non-hydrogen) atoms. The van der Waals surface area contributed by atoms with Crippen LogP contribution in [0.2, 0.25) is 0 Å². The summed E-state index contributed by atoms with van der Waals surface area (Å²) in [5.41, 5.74) is 4.99. The van der Waals surface area contributed by atoms with E-state index in [0.717, 1.165) is 12.4 Å². The van der Waals surface area contributed by atoms with E-state index in [9.17, 15) is 14.9 Å². The molecule has 1 aromatic heterocycles. The van der Waals surface area contributed by atoms with Gasteiger partial charge in [-0.05, 0) is 5.92 Å². The predicted octanol–water partition coefficient (Wildman–Crippen LogP) is 0.307. The molecule has 0 bridgehead atoms. The van der Waals surface area contributed by atoms with Crippen LogP contribution in [-0.2, 0) is 4.79 Å². The molecule has 0 aliphatic carbocycles. The molecule has 1 amide bonds. The molecule has 0 saturated heterocycles. The molecule has 1 atom stereocenters. The van der Waals surface area contributed by atoms with Crippen molar-refractivity contribution in [3.8, 4) is 0 Å². The molecule has 8 heteroatoms. The zero-order valence-electron chi connectivity index (χ0n) is 9.45. The molecule has 0 aliphatic rings. The smallest absolute Gasteiger partial charge is 0.305 e. The molecule has 1 heterocycles. The number of nitrogens with one attached hydrogen (secondary N) is 1. The highest BCUT2D eigenvalue weighted by atomic mass is 16.6. The Morgan fingerprint density at radius 1 is 1.47 bits per heavy atom. The number of nitro groups is 1. The lowest BCUT2D eigenvalue weighted by molar-refractivity contribution is -0.385. The Morgan fingerprint density at radius 3 is 2.35 bits per heavy atom. The highest BCUT2D eigenvalue weighted by molar-refractivity contribution is 5.82. The maximum absolute atomic E-state index is 11.1. The van der Waals surface area contributed by atoms with Crippen molar-refractivity contribution in [3.63, 3.8) is 0 Å². The summed E-state index contributed by atoms with van der Waals surface area (Å²) in [5.74, 6) is -0.429. The fourth-order valence-electron chi connectivity index (χ4n) is 1.20. The van der Waals surface area contributed by atoms with Crippen LogP contribution in [0.4, 0.5) is 11.6 Å². The Balaban J connectivity index is 2.80. The Labute approximate surface area is 97.4 Å². The second kappa shape index (κ2) is 5.19. The predicted molar refractivity (Wildman–Crippen MR) is 60.1 cm³/mol. The van der Waals surface area contributed by atoms with Crippen molar-refractivity contribution in [2.45, 2.75) is 19.9 Å². The Bertz CT molecular complexity index is 417. The third-order valence-corrected chi connectivity index (χ3v) is 2.11. The van der Waals surface area contributed by atoms with E-state index in [4.69, 9.17) is 5.73 Å². The van der Waals surface area contributed by atoms with Gasteiger partial charge >= 0.3 is 5.69 Å². The molecule has 3 N–H and O–H groups in total. The minimum Gasteiger partial charge on any atom is -0.368 e. The quantitative estimate of drug-likeness (QED) is 0.562. The zero-order valence-corrected chi connectivity index (χ0v) is 9.45. The Kier molecular flexibility index (Phi) is 3.91. The summed E-state index contributed by atoms with van der Waals surface area (Å²) in [7, 11) is 0. The summed E-state index contributed by atoms with van der Waals surface area (Å²) in [4.78, 5) is 28.4. The summed E-state index contributed by atoms with van der Waals surface area (Å²) in [5, 5.41) is 13.1. The highest BCUT2D eigenvalue weighted by Gasteiger charge is 2.20. The Morgan fingerprint density at radius 2 is 2.00 bits per heavy atom. The van der Waals surface area contributed by atoms with E-state index in [-0.39, 0.29) is 17.6 Å². The number of anilines is 1. The van der Waals surface area contributed by atoms with Crippen molar-refractivity contribution in [2.75, 3.05) is 5.32 Å². The normalized spacial score (nSPS) is 12.2. The van der Waals surface area contributed by atoms with E-state index in [1.807, 2.05) is 13.8 Å². The molecule has 0 aliphatic heterocycles. The number of amides is 1. The van der Waals surface area contributed by atoms with Crippen molar-refractivity contribution in [3.05, 3.63) is 22.5 Å². The minimum atomic E-state index is -0.614. The average Bonchev–Trinajstić information content (AvgIpc) is 2.25. The molecule has 0 radical (unpaired) electrons. The van der Waals surface area contributed by atoms with Gasteiger partial charge in [0.15, 0.2) is 0 Å². The van der Waals surface area contributed by atoms with Crippen LogP contribution in [0, 0.1) is 16.0 Å². The van der Waals surface area contributed by atoms with E-state index in [2.05, 4.69) is 15.3 Å². The zero-order chi connectivity index (χ0) is 13.0. The number of hydrogen-bond acceptors (Lipinski definition) is 6.